The Labute approximate surface area is 273 Å². The average Bonchev–Trinajstić information content (AvgIpc) is 3.03. The molecule has 252 valence electrons. The van der Waals surface area contributed by atoms with Gasteiger partial charge in [0.2, 0.25) is 5.82 Å². The third kappa shape index (κ3) is 6.45. The predicted octanol–water partition coefficient (Wildman–Crippen LogP) is 8.14. The molecule has 4 rings (SSSR count). The number of hydrogen-bond donors (Lipinski definition) is 1. The smallest absolute Gasteiger partial charge is 0.200 e. The molecule has 0 heterocycles. The van der Waals surface area contributed by atoms with Gasteiger partial charge in [-0.1, -0.05) is 59.7 Å². The van der Waals surface area contributed by atoms with Crippen LogP contribution in [0.3, 0.4) is 0 Å². The second-order valence-electron chi connectivity index (χ2n) is 12.9. The zero-order valence-corrected chi connectivity index (χ0v) is 28.9. The number of phenolic OH excluding ortho intramolecular Hbond substituents is 1. The molecule has 1 N–H and O–H groups in total. The van der Waals surface area contributed by atoms with E-state index in [0.29, 0.717) is 33.6 Å². The highest BCUT2D eigenvalue weighted by molar-refractivity contribution is 7.80. The second-order valence-corrected chi connectivity index (χ2v) is 15.0. The Morgan fingerprint density at radius 1 is 0.553 bits per heavy atom. The molecular formula is C36H38F5O5P. The Morgan fingerprint density at radius 3 is 1.21 bits per heavy atom. The minimum atomic E-state index is -2.30. The molecule has 0 aliphatic rings. The van der Waals surface area contributed by atoms with Gasteiger partial charge in [-0.25, -0.2) is 22.0 Å². The van der Waals surface area contributed by atoms with Gasteiger partial charge in [0, 0.05) is 18.8 Å². The lowest BCUT2D eigenvalue weighted by molar-refractivity contribution is 0.380. The largest absolute Gasteiger partial charge is 0.507 e. The van der Waals surface area contributed by atoms with E-state index in [-0.39, 0.29) is 16.1 Å². The number of rotatable bonds is 8. The average molecular weight is 677 g/mol. The summed E-state index contributed by atoms with van der Waals surface area (Å²) >= 11 is 0. The van der Waals surface area contributed by atoms with Crippen molar-refractivity contribution < 1.29 is 46.0 Å². The zero-order chi connectivity index (χ0) is 35.2. The Morgan fingerprint density at radius 2 is 0.894 bits per heavy atom. The Balaban J connectivity index is 2.23. The van der Waals surface area contributed by atoms with Gasteiger partial charge in [0.1, 0.15) is 28.7 Å². The van der Waals surface area contributed by atoms with Crippen LogP contribution in [0.5, 0.6) is 28.7 Å². The maximum atomic E-state index is 15.1. The maximum absolute atomic E-state index is 15.1. The molecule has 4 aromatic carbocycles. The van der Waals surface area contributed by atoms with Gasteiger partial charge in [-0.05, 0) is 46.2 Å². The number of methoxy groups -OCH3 is 4. The van der Waals surface area contributed by atoms with Crippen LogP contribution in [0.1, 0.15) is 52.7 Å². The van der Waals surface area contributed by atoms with Crippen LogP contribution in [-0.4, -0.2) is 33.5 Å². The molecular weight excluding hydrogens is 638 g/mol. The standard InChI is InChI=1S/C36H38F5O5P/c1-35(2,3)18-14-21(43-7)33(22(15-18)44-8)47(34-23(45-9)16-19(36(4,5)6)17-24(34)46-10)25-13-11-12-20(32(25)42)26-27(37)29(39)31(41)30(40)28(26)38/h11-17,42H,1-10H3. The summed E-state index contributed by atoms with van der Waals surface area (Å²) in [4.78, 5) is 0. The number of phenols is 1. The maximum Gasteiger partial charge on any atom is 0.200 e. The minimum Gasteiger partial charge on any atom is -0.507 e. The fourth-order valence-electron chi connectivity index (χ4n) is 5.20. The molecule has 0 aliphatic carbocycles. The van der Waals surface area contributed by atoms with Gasteiger partial charge >= 0.3 is 0 Å². The van der Waals surface area contributed by atoms with E-state index in [1.54, 1.807) is 0 Å². The molecule has 0 spiro atoms. The lowest BCUT2D eigenvalue weighted by atomic mass is 9.87. The summed E-state index contributed by atoms with van der Waals surface area (Å²) in [5.41, 5.74) is -0.799. The molecule has 0 fully saturated rings. The van der Waals surface area contributed by atoms with E-state index in [2.05, 4.69) is 0 Å². The highest BCUT2D eigenvalue weighted by Gasteiger charge is 2.36. The molecule has 0 saturated heterocycles. The molecule has 11 heteroatoms. The highest BCUT2D eigenvalue weighted by atomic mass is 31.1. The minimum absolute atomic E-state index is 0.0849. The van der Waals surface area contributed by atoms with Crippen molar-refractivity contribution >= 4 is 23.8 Å². The van der Waals surface area contributed by atoms with Crippen molar-refractivity contribution in [2.45, 2.75) is 52.4 Å². The van der Waals surface area contributed by atoms with Gasteiger partial charge in [0.25, 0.3) is 0 Å². The Hall–Kier alpha value is -4.04. The lowest BCUT2D eigenvalue weighted by Crippen LogP contribution is -2.28. The summed E-state index contributed by atoms with van der Waals surface area (Å²) in [5, 5.41) is 12.8. The van der Waals surface area contributed by atoms with Crippen LogP contribution in [0.15, 0.2) is 42.5 Å². The first-order chi connectivity index (χ1) is 21.9. The third-order valence-corrected chi connectivity index (χ3v) is 10.5. The molecule has 47 heavy (non-hydrogen) atoms. The molecule has 0 bridgehead atoms. The predicted molar refractivity (Wildman–Crippen MR) is 176 cm³/mol. The number of benzene rings is 4. The van der Waals surface area contributed by atoms with Crippen LogP contribution >= 0.6 is 7.92 Å². The number of halogens is 5. The molecule has 5 nitrogen and oxygen atoms in total. The number of para-hydroxylation sites is 1. The third-order valence-electron chi connectivity index (χ3n) is 7.87. The summed E-state index contributed by atoms with van der Waals surface area (Å²) in [6.07, 6.45) is 0. The van der Waals surface area contributed by atoms with Crippen LogP contribution in [0, 0.1) is 29.1 Å². The van der Waals surface area contributed by atoms with Gasteiger partial charge in [-0.2, -0.15) is 0 Å². The first-order valence-corrected chi connectivity index (χ1v) is 15.9. The van der Waals surface area contributed by atoms with Crippen molar-refractivity contribution in [1.29, 1.82) is 0 Å². The monoisotopic (exact) mass is 676 g/mol. The molecule has 0 radical (unpaired) electrons. The number of hydrogen-bond acceptors (Lipinski definition) is 5. The van der Waals surface area contributed by atoms with Crippen molar-refractivity contribution in [1.82, 2.24) is 0 Å². The summed E-state index contributed by atoms with van der Waals surface area (Å²) < 4.78 is 96.7. The van der Waals surface area contributed by atoms with E-state index in [0.717, 1.165) is 17.2 Å². The molecule has 0 unspecified atom stereocenters. The SMILES string of the molecule is COc1cc(C(C)(C)C)cc(OC)c1P(c1cccc(-c2c(F)c(F)c(F)c(F)c2F)c1O)c1c(OC)cc(C(C)(C)C)cc1OC. The fraction of sp³-hybridized carbons (Fsp3) is 0.333. The van der Waals surface area contributed by atoms with E-state index in [9.17, 15) is 18.3 Å². The zero-order valence-electron chi connectivity index (χ0n) is 28.0. The van der Waals surface area contributed by atoms with Gasteiger partial charge in [-0.15, -0.1) is 0 Å². The van der Waals surface area contributed by atoms with Gasteiger partial charge in [-0.3, -0.25) is 0 Å². The number of ether oxygens (including phenoxy) is 4. The molecule has 0 atom stereocenters. The summed E-state index contributed by atoms with van der Waals surface area (Å²) in [6.45, 7) is 12.1. The summed E-state index contributed by atoms with van der Waals surface area (Å²) in [7, 11) is 3.82. The van der Waals surface area contributed by atoms with E-state index >= 15 is 8.78 Å². The van der Waals surface area contributed by atoms with Crippen molar-refractivity contribution in [2.24, 2.45) is 0 Å². The summed E-state index contributed by atoms with van der Waals surface area (Å²) in [6, 6.07) is 11.3. The molecule has 0 aliphatic heterocycles. The van der Waals surface area contributed by atoms with E-state index in [4.69, 9.17) is 18.9 Å². The quantitative estimate of drug-likeness (QED) is 0.0884. The van der Waals surface area contributed by atoms with E-state index in [1.807, 2.05) is 65.8 Å². The normalized spacial score (nSPS) is 12.0. The fourth-order valence-corrected chi connectivity index (χ4v) is 7.98. The number of aromatic hydroxyl groups is 1. The van der Waals surface area contributed by atoms with Gasteiger partial charge in [0.05, 0.1) is 44.6 Å². The van der Waals surface area contributed by atoms with Crippen molar-refractivity contribution in [2.75, 3.05) is 28.4 Å². The molecule has 0 saturated carbocycles. The van der Waals surface area contributed by atoms with Crippen LogP contribution in [0.25, 0.3) is 11.1 Å². The van der Waals surface area contributed by atoms with Crippen LogP contribution < -0.4 is 34.9 Å². The highest BCUT2D eigenvalue weighted by Crippen LogP contribution is 2.51. The van der Waals surface area contributed by atoms with Gasteiger partial charge in [0.15, 0.2) is 23.3 Å². The van der Waals surface area contributed by atoms with E-state index in [1.165, 1.54) is 40.6 Å². The molecule has 4 aromatic rings. The van der Waals surface area contributed by atoms with Crippen molar-refractivity contribution in [3.63, 3.8) is 0 Å². The lowest BCUT2D eigenvalue weighted by Gasteiger charge is -2.30. The van der Waals surface area contributed by atoms with Crippen LogP contribution in [0.2, 0.25) is 0 Å². The van der Waals surface area contributed by atoms with Crippen LogP contribution in [0.4, 0.5) is 22.0 Å². The van der Waals surface area contributed by atoms with Crippen molar-refractivity contribution in [3.05, 3.63) is 82.7 Å². The first kappa shape index (κ1) is 35.8. The van der Waals surface area contributed by atoms with E-state index < -0.39 is 53.9 Å². The Kier molecular flexibility index (Phi) is 10.1. The van der Waals surface area contributed by atoms with Crippen LogP contribution in [-0.2, 0) is 10.8 Å². The molecule has 0 amide bonds. The Bertz CT molecular complexity index is 1680. The molecule has 0 aromatic heterocycles. The topological polar surface area (TPSA) is 57.2 Å². The second kappa shape index (κ2) is 13.2. The summed E-state index contributed by atoms with van der Waals surface area (Å²) in [5.74, 6) is -9.97. The van der Waals surface area contributed by atoms with Crippen molar-refractivity contribution in [3.8, 4) is 39.9 Å². The first-order valence-electron chi connectivity index (χ1n) is 14.6. The van der Waals surface area contributed by atoms with Gasteiger partial charge < -0.3 is 24.1 Å².